The predicted molar refractivity (Wildman–Crippen MR) is 148 cm³/mol. The van der Waals surface area contributed by atoms with Crippen LogP contribution in [0.25, 0.3) is 11.3 Å². The second-order valence-electron chi connectivity index (χ2n) is 10.3. The normalized spacial score (nSPS) is 12.3. The molecule has 0 radical (unpaired) electrons. The number of aliphatic hydroxyl groups excluding tert-OH is 1. The Bertz CT molecular complexity index is 1220. The van der Waals surface area contributed by atoms with Gasteiger partial charge in [0, 0.05) is 42.4 Å². The number of aliphatic hydroxyl groups is 1. The molecule has 0 aliphatic rings. The van der Waals surface area contributed by atoms with Gasteiger partial charge in [0.1, 0.15) is 17.4 Å². The maximum Gasteiger partial charge on any atom is 0.251 e. The highest BCUT2D eigenvalue weighted by Gasteiger charge is 2.22. The quantitative estimate of drug-likeness (QED) is 0.338. The Labute approximate surface area is 224 Å². The van der Waals surface area contributed by atoms with Gasteiger partial charge in [-0.15, -0.1) is 0 Å². The number of rotatable bonds is 9. The number of hydrogen-bond donors (Lipinski definition) is 2. The lowest BCUT2D eigenvalue weighted by Gasteiger charge is -2.19. The van der Waals surface area contributed by atoms with E-state index >= 15 is 4.39 Å². The van der Waals surface area contributed by atoms with Gasteiger partial charge in [-0.2, -0.15) is 0 Å². The van der Waals surface area contributed by atoms with Crippen molar-refractivity contribution in [2.45, 2.75) is 72.4 Å². The van der Waals surface area contributed by atoms with Crippen LogP contribution in [0, 0.1) is 5.82 Å². The van der Waals surface area contributed by atoms with Crippen LogP contribution in [0.4, 0.5) is 4.39 Å². The molecule has 8 heteroatoms. The van der Waals surface area contributed by atoms with Crippen LogP contribution < -0.4 is 10.1 Å². The summed E-state index contributed by atoms with van der Waals surface area (Å²) in [4.78, 5) is 17.5. The Hall–Kier alpha value is -2.90. The predicted octanol–water partition coefficient (Wildman–Crippen LogP) is 6.32. The largest absolute Gasteiger partial charge is 0.489 e. The van der Waals surface area contributed by atoms with E-state index in [1.165, 1.54) is 6.07 Å². The average Bonchev–Trinajstić information content (AvgIpc) is 3.18. The molecule has 0 aliphatic heterocycles. The van der Waals surface area contributed by atoms with Crippen molar-refractivity contribution in [1.82, 2.24) is 14.9 Å². The van der Waals surface area contributed by atoms with Crippen molar-refractivity contribution in [1.29, 1.82) is 0 Å². The second-order valence-corrected chi connectivity index (χ2v) is 10.7. The maximum atomic E-state index is 15.1. The molecule has 0 saturated heterocycles. The second kappa shape index (κ2) is 12.6. The van der Waals surface area contributed by atoms with Gasteiger partial charge in [0.2, 0.25) is 0 Å². The molecular weight excluding hydrogens is 493 g/mol. The van der Waals surface area contributed by atoms with E-state index in [9.17, 15) is 9.90 Å². The van der Waals surface area contributed by atoms with Crippen molar-refractivity contribution in [2.24, 2.45) is 7.05 Å². The summed E-state index contributed by atoms with van der Waals surface area (Å²) in [7, 11) is 1.93. The summed E-state index contributed by atoms with van der Waals surface area (Å²) in [5.74, 6) is 0.675. The number of aryl methyl sites for hydroxylation is 1. The number of carbonyl (C=O) groups is 1. The van der Waals surface area contributed by atoms with Gasteiger partial charge in [0.15, 0.2) is 0 Å². The lowest BCUT2D eigenvalue weighted by atomic mass is 9.96. The van der Waals surface area contributed by atoms with Crippen molar-refractivity contribution in [3.63, 3.8) is 0 Å². The van der Waals surface area contributed by atoms with E-state index in [1.807, 2.05) is 37.7 Å². The number of nitrogens with zero attached hydrogens (tertiary/aromatic N) is 2. The molecule has 0 fully saturated rings. The van der Waals surface area contributed by atoms with Crippen molar-refractivity contribution in [3.8, 4) is 17.0 Å². The smallest absolute Gasteiger partial charge is 0.251 e. The fourth-order valence-electron chi connectivity index (χ4n) is 4.08. The van der Waals surface area contributed by atoms with E-state index < -0.39 is 6.04 Å². The Morgan fingerprint density at radius 1 is 1.22 bits per heavy atom. The van der Waals surface area contributed by atoms with Crippen LogP contribution in [0.1, 0.15) is 70.2 Å². The minimum Gasteiger partial charge on any atom is -0.489 e. The summed E-state index contributed by atoms with van der Waals surface area (Å²) in [5, 5.41) is 12.7. The molecule has 2 aromatic carbocycles. The van der Waals surface area contributed by atoms with E-state index in [0.29, 0.717) is 33.2 Å². The molecule has 0 saturated carbocycles. The molecule has 0 unspecified atom stereocenters. The van der Waals surface area contributed by atoms with Crippen LogP contribution >= 0.6 is 11.6 Å². The van der Waals surface area contributed by atoms with Gasteiger partial charge < -0.3 is 19.7 Å². The Morgan fingerprint density at radius 3 is 2.46 bits per heavy atom. The van der Waals surface area contributed by atoms with Crippen molar-refractivity contribution >= 4 is 17.5 Å². The first-order chi connectivity index (χ1) is 16.9. The molecule has 1 aromatic heterocycles. The number of carbonyl (C=O) groups excluding carboxylic acids is 1. The van der Waals surface area contributed by atoms with Gasteiger partial charge in [0.05, 0.1) is 16.8 Å². The first-order valence-electron chi connectivity index (χ1n) is 12.1. The van der Waals surface area contributed by atoms with E-state index in [2.05, 4.69) is 26.1 Å². The molecule has 37 heavy (non-hydrogen) atoms. The Kier molecular flexibility index (Phi) is 10.3. The third kappa shape index (κ3) is 7.79. The third-order valence-corrected chi connectivity index (χ3v) is 6.03. The molecule has 0 bridgehead atoms. The zero-order valence-corrected chi connectivity index (χ0v) is 22.5. The first kappa shape index (κ1) is 30.3. The van der Waals surface area contributed by atoms with Crippen LogP contribution in [0.15, 0.2) is 42.6 Å². The van der Waals surface area contributed by atoms with Gasteiger partial charge >= 0.3 is 0 Å². The summed E-state index contributed by atoms with van der Waals surface area (Å²) in [6, 6.07) is 9.37. The van der Waals surface area contributed by atoms with E-state index in [1.54, 1.807) is 24.3 Å². The van der Waals surface area contributed by atoms with Crippen LogP contribution in [-0.4, -0.2) is 39.3 Å². The van der Waals surface area contributed by atoms with E-state index in [-0.39, 0.29) is 50.1 Å². The van der Waals surface area contributed by atoms with Crippen LogP contribution in [0.5, 0.6) is 5.75 Å². The number of hydrogen-bond acceptors (Lipinski definition) is 4. The molecule has 3 aromatic rings. The summed E-state index contributed by atoms with van der Waals surface area (Å²) in [5.41, 5.74) is 2.06. The molecule has 3 rings (SSSR count). The van der Waals surface area contributed by atoms with Crippen molar-refractivity contribution in [2.75, 3.05) is 6.61 Å². The molecular formula is C29H39ClFN3O3. The van der Waals surface area contributed by atoms with Crippen LogP contribution in [-0.2, 0) is 18.9 Å². The number of amides is 1. The lowest BCUT2D eigenvalue weighted by molar-refractivity contribution is 0.0930. The Balaban J connectivity index is 0.00000481. The minimum absolute atomic E-state index is 0. The third-order valence-electron chi connectivity index (χ3n) is 5.73. The van der Waals surface area contributed by atoms with Crippen LogP contribution in [0.3, 0.4) is 0 Å². The summed E-state index contributed by atoms with van der Waals surface area (Å²) in [6.07, 6.45) is 2.36. The fraction of sp³-hybridized carbons (Fsp3) is 0.448. The van der Waals surface area contributed by atoms with Gasteiger partial charge in [-0.1, -0.05) is 51.9 Å². The topological polar surface area (TPSA) is 76.4 Å². The molecule has 0 aliphatic carbocycles. The number of imidazole rings is 1. The molecule has 2 N–H and O–H groups in total. The highest BCUT2D eigenvalue weighted by Crippen LogP contribution is 2.28. The number of benzene rings is 2. The molecule has 1 amide bonds. The van der Waals surface area contributed by atoms with Crippen molar-refractivity contribution < 1.29 is 19.0 Å². The van der Waals surface area contributed by atoms with Gasteiger partial charge in [-0.05, 0) is 56.5 Å². The number of halogens is 2. The molecule has 1 heterocycles. The van der Waals surface area contributed by atoms with Gasteiger partial charge in [-0.25, -0.2) is 9.37 Å². The molecule has 202 valence electrons. The first-order valence-corrected chi connectivity index (χ1v) is 12.5. The maximum absolute atomic E-state index is 15.1. The minimum atomic E-state index is -0.462. The average molecular weight is 532 g/mol. The van der Waals surface area contributed by atoms with Gasteiger partial charge in [-0.3, -0.25) is 4.79 Å². The molecule has 1 atom stereocenters. The van der Waals surface area contributed by atoms with Crippen LogP contribution in [0.2, 0.25) is 5.02 Å². The standard InChI is InChI=1S/C28H35ClFN3O3.CH4/c1-17(2)36-25-10-9-20(14-22(25)29)26(35)31-21(11-12-34)13-18-7-8-19(15-23(18)30)24-16-33(6)27(32-24)28(3,4)5;/h7-10,14-17,21,34H,11-13H2,1-6H3,(H,31,35);1H4/t21-;/m1./s1. The highest BCUT2D eigenvalue weighted by molar-refractivity contribution is 6.32. The molecule has 0 spiro atoms. The lowest BCUT2D eigenvalue weighted by Crippen LogP contribution is -2.37. The zero-order chi connectivity index (χ0) is 26.6. The number of aromatic nitrogens is 2. The zero-order valence-electron chi connectivity index (χ0n) is 21.7. The monoisotopic (exact) mass is 531 g/mol. The highest BCUT2D eigenvalue weighted by atomic mass is 35.5. The summed E-state index contributed by atoms with van der Waals surface area (Å²) in [6.45, 7) is 9.89. The molecule has 6 nitrogen and oxygen atoms in total. The fourth-order valence-corrected chi connectivity index (χ4v) is 4.31. The van der Waals surface area contributed by atoms with E-state index in [4.69, 9.17) is 21.3 Å². The Morgan fingerprint density at radius 2 is 1.92 bits per heavy atom. The SMILES string of the molecule is C.CC(C)Oc1ccc(C(=O)N[C@H](CCO)Cc2ccc(-c3cn(C)c(C(C)(C)C)n3)cc2F)cc1Cl. The number of nitrogens with one attached hydrogen (secondary N) is 1. The number of ether oxygens (including phenoxy) is 1. The summed E-state index contributed by atoms with van der Waals surface area (Å²) < 4.78 is 22.7. The van der Waals surface area contributed by atoms with Gasteiger partial charge in [0.25, 0.3) is 5.91 Å². The van der Waals surface area contributed by atoms with E-state index in [0.717, 1.165) is 5.82 Å². The summed E-state index contributed by atoms with van der Waals surface area (Å²) >= 11 is 6.27. The van der Waals surface area contributed by atoms with Crippen molar-refractivity contribution in [3.05, 3.63) is 70.4 Å².